The Balaban J connectivity index is 2.18. The zero-order valence-corrected chi connectivity index (χ0v) is 9.77. The molecule has 0 amide bonds. The predicted octanol–water partition coefficient (Wildman–Crippen LogP) is 1.86. The fourth-order valence-electron chi connectivity index (χ4n) is 2.23. The molecule has 1 aromatic rings. The minimum absolute atomic E-state index is 0.0279. The van der Waals surface area contributed by atoms with Gasteiger partial charge in [0.15, 0.2) is 0 Å². The van der Waals surface area contributed by atoms with Gasteiger partial charge in [0.25, 0.3) is 0 Å². The lowest BCUT2D eigenvalue weighted by Crippen LogP contribution is -2.37. The Bertz CT molecular complexity index is 389. The summed E-state index contributed by atoms with van der Waals surface area (Å²) in [5, 5.41) is 0. The highest BCUT2D eigenvalue weighted by molar-refractivity contribution is 5.75. The van der Waals surface area contributed by atoms with Crippen molar-refractivity contribution in [2.45, 2.75) is 13.3 Å². The maximum Gasteiger partial charge on any atom is 0.311 e. The Morgan fingerprint density at radius 1 is 1.50 bits per heavy atom. The molecule has 1 aromatic carbocycles. The monoisotopic (exact) mass is 219 g/mol. The van der Waals surface area contributed by atoms with Gasteiger partial charge in [-0.2, -0.15) is 0 Å². The van der Waals surface area contributed by atoms with E-state index in [1.54, 1.807) is 0 Å². The van der Waals surface area contributed by atoms with E-state index < -0.39 is 0 Å². The van der Waals surface area contributed by atoms with Gasteiger partial charge in [-0.15, -0.1) is 0 Å². The minimum Gasteiger partial charge on any atom is -0.466 e. The first-order valence-corrected chi connectivity index (χ1v) is 5.68. The van der Waals surface area contributed by atoms with Crippen molar-refractivity contribution in [3.05, 3.63) is 29.8 Å². The average molecular weight is 219 g/mol. The number of hydrogen-bond acceptors (Lipinski definition) is 3. The maximum atomic E-state index is 11.7. The van der Waals surface area contributed by atoms with E-state index >= 15 is 0 Å². The van der Waals surface area contributed by atoms with Crippen molar-refractivity contribution in [2.75, 3.05) is 25.1 Å². The van der Waals surface area contributed by atoms with Gasteiger partial charge in [-0.25, -0.2) is 0 Å². The average Bonchev–Trinajstić information content (AvgIpc) is 2.29. The minimum atomic E-state index is -0.0798. The second kappa shape index (κ2) is 4.56. The van der Waals surface area contributed by atoms with E-state index in [9.17, 15) is 4.79 Å². The van der Waals surface area contributed by atoms with Crippen molar-refractivity contribution in [1.29, 1.82) is 0 Å². The van der Waals surface area contributed by atoms with Crippen molar-refractivity contribution in [3.63, 3.8) is 0 Å². The molecule has 0 radical (unpaired) electrons. The number of esters is 1. The zero-order chi connectivity index (χ0) is 11.5. The summed E-state index contributed by atoms with van der Waals surface area (Å²) in [7, 11) is 2.02. The molecule has 16 heavy (non-hydrogen) atoms. The fraction of sp³-hybridized carbons (Fsp3) is 0.462. The highest BCUT2D eigenvalue weighted by Crippen LogP contribution is 2.28. The largest absolute Gasteiger partial charge is 0.466 e. The molecule has 0 N–H and O–H groups in total. The van der Waals surface area contributed by atoms with Crippen LogP contribution in [0.2, 0.25) is 0 Å². The molecule has 3 nitrogen and oxygen atoms in total. The number of benzene rings is 1. The molecule has 0 aliphatic carbocycles. The summed E-state index contributed by atoms with van der Waals surface area (Å²) >= 11 is 0. The Morgan fingerprint density at radius 3 is 3.00 bits per heavy atom. The first-order chi connectivity index (χ1) is 7.72. The molecule has 1 heterocycles. The number of hydrogen-bond donors (Lipinski definition) is 0. The molecule has 0 aromatic heterocycles. The molecule has 0 spiro atoms. The number of ether oxygens (including phenoxy) is 1. The quantitative estimate of drug-likeness (QED) is 0.711. The van der Waals surface area contributed by atoms with Crippen LogP contribution >= 0.6 is 0 Å². The highest BCUT2D eigenvalue weighted by atomic mass is 16.5. The number of carbonyl (C=O) groups excluding carboxylic acids is 1. The topological polar surface area (TPSA) is 29.5 Å². The molecule has 1 aliphatic heterocycles. The third kappa shape index (κ3) is 2.03. The number of carbonyl (C=O) groups is 1. The molecule has 86 valence electrons. The Hall–Kier alpha value is -1.51. The molecular formula is C13H17NO2. The van der Waals surface area contributed by atoms with Crippen LogP contribution < -0.4 is 4.90 Å². The van der Waals surface area contributed by atoms with Crippen LogP contribution in [0.1, 0.15) is 12.5 Å². The van der Waals surface area contributed by atoms with Crippen LogP contribution in [0, 0.1) is 5.92 Å². The summed E-state index contributed by atoms with van der Waals surface area (Å²) in [5.74, 6) is -0.108. The third-order valence-corrected chi connectivity index (χ3v) is 2.98. The van der Waals surface area contributed by atoms with E-state index in [4.69, 9.17) is 4.74 Å². The Morgan fingerprint density at radius 2 is 2.25 bits per heavy atom. The fourth-order valence-corrected chi connectivity index (χ4v) is 2.23. The smallest absolute Gasteiger partial charge is 0.311 e. The van der Waals surface area contributed by atoms with Gasteiger partial charge in [0.05, 0.1) is 12.5 Å². The summed E-state index contributed by atoms with van der Waals surface area (Å²) in [5.41, 5.74) is 2.46. The lowest BCUT2D eigenvalue weighted by molar-refractivity contribution is -0.147. The molecule has 1 unspecified atom stereocenters. The summed E-state index contributed by atoms with van der Waals surface area (Å²) in [6, 6.07) is 8.22. The number of rotatable bonds is 2. The molecule has 2 rings (SSSR count). The van der Waals surface area contributed by atoms with E-state index in [0.717, 1.165) is 13.0 Å². The van der Waals surface area contributed by atoms with Gasteiger partial charge in [0, 0.05) is 19.3 Å². The Kier molecular flexibility index (Phi) is 3.13. The Labute approximate surface area is 96.0 Å². The van der Waals surface area contributed by atoms with Crippen LogP contribution in [-0.2, 0) is 16.0 Å². The third-order valence-electron chi connectivity index (χ3n) is 2.98. The van der Waals surface area contributed by atoms with Crippen LogP contribution in [0.3, 0.4) is 0 Å². The van der Waals surface area contributed by atoms with Gasteiger partial charge in [0.2, 0.25) is 0 Å². The van der Waals surface area contributed by atoms with E-state index in [0.29, 0.717) is 6.61 Å². The first-order valence-electron chi connectivity index (χ1n) is 5.68. The summed E-state index contributed by atoms with van der Waals surface area (Å²) in [4.78, 5) is 13.8. The molecule has 0 fully saturated rings. The second-order valence-electron chi connectivity index (χ2n) is 4.16. The van der Waals surface area contributed by atoms with Crippen LogP contribution in [0.25, 0.3) is 0 Å². The molecule has 0 bridgehead atoms. The molecule has 0 saturated heterocycles. The zero-order valence-electron chi connectivity index (χ0n) is 9.77. The van der Waals surface area contributed by atoms with E-state index in [-0.39, 0.29) is 11.9 Å². The van der Waals surface area contributed by atoms with Crippen LogP contribution in [0.5, 0.6) is 0 Å². The number of nitrogens with zero attached hydrogens (tertiary/aromatic N) is 1. The van der Waals surface area contributed by atoms with Crippen molar-refractivity contribution < 1.29 is 9.53 Å². The van der Waals surface area contributed by atoms with Gasteiger partial charge >= 0.3 is 5.97 Å². The highest BCUT2D eigenvalue weighted by Gasteiger charge is 2.28. The van der Waals surface area contributed by atoms with Gasteiger partial charge in [0.1, 0.15) is 0 Å². The van der Waals surface area contributed by atoms with Crippen molar-refractivity contribution >= 4 is 11.7 Å². The van der Waals surface area contributed by atoms with Gasteiger partial charge in [-0.3, -0.25) is 4.79 Å². The normalized spacial score (nSPS) is 19.1. The van der Waals surface area contributed by atoms with Gasteiger partial charge in [-0.1, -0.05) is 18.2 Å². The van der Waals surface area contributed by atoms with Crippen molar-refractivity contribution in [1.82, 2.24) is 0 Å². The number of fused-ring (bicyclic) bond motifs is 1. The molecule has 0 saturated carbocycles. The molecule has 3 heteroatoms. The summed E-state index contributed by atoms with van der Waals surface area (Å²) in [6.07, 6.45) is 0.791. The van der Waals surface area contributed by atoms with Crippen LogP contribution in [-0.4, -0.2) is 26.2 Å². The first kappa shape index (κ1) is 11.0. The molecule has 1 atom stereocenters. The van der Waals surface area contributed by atoms with Crippen molar-refractivity contribution in [2.24, 2.45) is 5.92 Å². The molecule has 1 aliphatic rings. The standard InChI is InChI=1S/C13H17NO2/c1-3-16-13(15)11-8-10-6-4-5-7-12(10)14(2)9-11/h4-7,11H,3,8-9H2,1-2H3. The summed E-state index contributed by atoms with van der Waals surface area (Å²) in [6.45, 7) is 3.05. The van der Waals surface area contributed by atoms with Crippen LogP contribution in [0.15, 0.2) is 24.3 Å². The van der Waals surface area contributed by atoms with E-state index in [2.05, 4.69) is 17.0 Å². The van der Waals surface area contributed by atoms with Crippen LogP contribution in [0.4, 0.5) is 5.69 Å². The number of anilines is 1. The van der Waals surface area contributed by atoms with Gasteiger partial charge in [-0.05, 0) is 25.0 Å². The SMILES string of the molecule is CCOC(=O)C1Cc2ccccc2N(C)C1. The second-order valence-corrected chi connectivity index (χ2v) is 4.16. The van der Waals surface area contributed by atoms with Crippen molar-refractivity contribution in [3.8, 4) is 0 Å². The molecular weight excluding hydrogens is 202 g/mol. The predicted molar refractivity (Wildman–Crippen MR) is 63.5 cm³/mol. The van der Waals surface area contributed by atoms with E-state index in [1.165, 1.54) is 11.3 Å². The van der Waals surface area contributed by atoms with Gasteiger partial charge < -0.3 is 9.64 Å². The number of para-hydroxylation sites is 1. The maximum absolute atomic E-state index is 11.7. The summed E-state index contributed by atoms with van der Waals surface area (Å²) < 4.78 is 5.08. The van der Waals surface area contributed by atoms with E-state index in [1.807, 2.05) is 26.1 Å². The lowest BCUT2D eigenvalue weighted by Gasteiger charge is -2.32. The lowest BCUT2D eigenvalue weighted by atomic mass is 9.93.